The number of amides is 1. The molecule has 5 heteroatoms. The highest BCUT2D eigenvalue weighted by atomic mass is 35.5. The van der Waals surface area contributed by atoms with Crippen LogP contribution in [0, 0.1) is 16.7 Å². The number of nitriles is 1. The van der Waals surface area contributed by atoms with E-state index < -0.39 is 11.5 Å². The lowest BCUT2D eigenvalue weighted by Crippen LogP contribution is -2.40. The zero-order chi connectivity index (χ0) is 14.6. The van der Waals surface area contributed by atoms with Gasteiger partial charge in [-0.15, -0.1) is 0 Å². The maximum Gasteiger partial charge on any atom is 0.240 e. The molecule has 1 aromatic carbocycles. The predicted molar refractivity (Wildman–Crippen MR) is 75.9 cm³/mol. The van der Waals surface area contributed by atoms with E-state index in [9.17, 15) is 15.2 Å². The molecule has 2 rings (SSSR count). The highest BCUT2D eigenvalue weighted by Crippen LogP contribution is 2.37. The monoisotopic (exact) mass is 292 g/mol. The topological polar surface area (TPSA) is 73.1 Å². The van der Waals surface area contributed by atoms with Gasteiger partial charge < -0.3 is 10.4 Å². The summed E-state index contributed by atoms with van der Waals surface area (Å²) in [5, 5.41) is 22.5. The zero-order valence-electron chi connectivity index (χ0n) is 11.1. The molecule has 0 bridgehead atoms. The number of aliphatic hydroxyl groups is 1. The number of carbonyl (C=O) groups is 1. The molecule has 1 saturated carbocycles. The molecular weight excluding hydrogens is 276 g/mol. The predicted octanol–water partition coefficient (Wildman–Crippen LogP) is 2.57. The van der Waals surface area contributed by atoms with Crippen molar-refractivity contribution in [3.05, 3.63) is 34.9 Å². The van der Waals surface area contributed by atoms with Gasteiger partial charge in [0, 0.05) is 11.6 Å². The number of carbonyl (C=O) groups excluding carboxylic acids is 1. The molecule has 0 radical (unpaired) electrons. The molecule has 0 spiro atoms. The molecule has 1 atom stereocenters. The van der Waals surface area contributed by atoms with Crippen molar-refractivity contribution in [2.45, 2.75) is 31.8 Å². The van der Waals surface area contributed by atoms with Crippen LogP contribution in [-0.2, 0) is 4.79 Å². The van der Waals surface area contributed by atoms with Crippen LogP contribution in [0.1, 0.15) is 37.4 Å². The molecule has 1 aromatic rings. The molecule has 4 nitrogen and oxygen atoms in total. The minimum absolute atomic E-state index is 0.101. The fourth-order valence-corrected chi connectivity index (χ4v) is 2.66. The maximum absolute atomic E-state index is 12.1. The smallest absolute Gasteiger partial charge is 0.240 e. The van der Waals surface area contributed by atoms with E-state index in [0.717, 1.165) is 12.8 Å². The third kappa shape index (κ3) is 3.12. The van der Waals surface area contributed by atoms with Crippen LogP contribution in [0.15, 0.2) is 24.3 Å². The van der Waals surface area contributed by atoms with Gasteiger partial charge in [0.25, 0.3) is 0 Å². The van der Waals surface area contributed by atoms with Crippen LogP contribution in [0.5, 0.6) is 0 Å². The van der Waals surface area contributed by atoms with E-state index in [0.29, 0.717) is 23.4 Å². The first kappa shape index (κ1) is 14.8. The van der Waals surface area contributed by atoms with Gasteiger partial charge in [0.2, 0.25) is 5.91 Å². The number of nitrogens with zero attached hydrogens (tertiary/aromatic N) is 1. The number of hydrogen-bond donors (Lipinski definition) is 2. The second-order valence-electron chi connectivity index (χ2n) is 5.18. The van der Waals surface area contributed by atoms with Crippen LogP contribution < -0.4 is 5.32 Å². The first-order valence-corrected chi connectivity index (χ1v) is 7.08. The molecular formula is C15H17ClN2O2. The number of hydrogen-bond acceptors (Lipinski definition) is 3. The highest BCUT2D eigenvalue weighted by Gasteiger charge is 2.41. The van der Waals surface area contributed by atoms with E-state index in [4.69, 9.17) is 11.6 Å². The number of aliphatic hydroxyl groups excluding tert-OH is 1. The number of benzene rings is 1. The van der Waals surface area contributed by atoms with Crippen molar-refractivity contribution in [2.24, 2.45) is 5.41 Å². The summed E-state index contributed by atoms with van der Waals surface area (Å²) in [5.74, 6) is -0.273. The van der Waals surface area contributed by atoms with E-state index in [-0.39, 0.29) is 12.5 Å². The van der Waals surface area contributed by atoms with Crippen LogP contribution in [-0.4, -0.2) is 17.6 Å². The Hall–Kier alpha value is -1.57. The maximum atomic E-state index is 12.1. The second-order valence-corrected chi connectivity index (χ2v) is 5.61. The van der Waals surface area contributed by atoms with Crippen LogP contribution in [0.4, 0.5) is 0 Å². The van der Waals surface area contributed by atoms with Gasteiger partial charge in [0.1, 0.15) is 5.41 Å². The Labute approximate surface area is 123 Å². The van der Waals surface area contributed by atoms with E-state index in [2.05, 4.69) is 11.4 Å². The fourth-order valence-electron chi connectivity index (χ4n) is 2.53. The Bertz CT molecular complexity index is 516. The molecule has 0 aromatic heterocycles. The third-order valence-corrected chi connectivity index (χ3v) is 4.07. The summed E-state index contributed by atoms with van der Waals surface area (Å²) < 4.78 is 0. The lowest BCUT2D eigenvalue weighted by atomic mass is 9.87. The zero-order valence-corrected chi connectivity index (χ0v) is 11.9. The first-order valence-electron chi connectivity index (χ1n) is 6.70. The van der Waals surface area contributed by atoms with Gasteiger partial charge >= 0.3 is 0 Å². The lowest BCUT2D eigenvalue weighted by molar-refractivity contribution is -0.128. The molecule has 0 aliphatic heterocycles. The van der Waals surface area contributed by atoms with Crippen molar-refractivity contribution < 1.29 is 9.90 Å². The van der Waals surface area contributed by atoms with Gasteiger partial charge in [-0.05, 0) is 30.5 Å². The van der Waals surface area contributed by atoms with E-state index in [1.165, 1.54) is 0 Å². The van der Waals surface area contributed by atoms with Crippen LogP contribution in [0.2, 0.25) is 5.02 Å². The van der Waals surface area contributed by atoms with Crippen molar-refractivity contribution in [1.29, 1.82) is 5.26 Å². The molecule has 1 fully saturated rings. The van der Waals surface area contributed by atoms with Gasteiger partial charge in [-0.1, -0.05) is 36.6 Å². The fraction of sp³-hybridized carbons (Fsp3) is 0.467. The Morgan fingerprint density at radius 3 is 2.55 bits per heavy atom. The minimum atomic E-state index is -0.903. The van der Waals surface area contributed by atoms with Crippen LogP contribution >= 0.6 is 11.6 Å². The highest BCUT2D eigenvalue weighted by molar-refractivity contribution is 6.30. The summed E-state index contributed by atoms with van der Waals surface area (Å²) in [6.45, 7) is 0.101. The average Bonchev–Trinajstić information content (AvgIpc) is 2.95. The second kappa shape index (κ2) is 6.25. The molecule has 20 heavy (non-hydrogen) atoms. The minimum Gasteiger partial charge on any atom is -0.387 e. The summed E-state index contributed by atoms with van der Waals surface area (Å²) in [7, 11) is 0. The van der Waals surface area contributed by atoms with Gasteiger partial charge in [-0.2, -0.15) is 5.26 Å². The van der Waals surface area contributed by atoms with E-state index in [1.54, 1.807) is 24.3 Å². The van der Waals surface area contributed by atoms with Gasteiger partial charge in [-0.3, -0.25) is 4.79 Å². The molecule has 2 N–H and O–H groups in total. The van der Waals surface area contributed by atoms with Crippen molar-refractivity contribution in [3.63, 3.8) is 0 Å². The van der Waals surface area contributed by atoms with Crippen molar-refractivity contribution in [3.8, 4) is 6.07 Å². The molecule has 106 valence electrons. The van der Waals surface area contributed by atoms with Gasteiger partial charge in [-0.25, -0.2) is 0 Å². The van der Waals surface area contributed by atoms with Crippen molar-refractivity contribution >= 4 is 17.5 Å². The molecule has 0 saturated heterocycles. The summed E-state index contributed by atoms with van der Waals surface area (Å²) in [6, 6.07) is 8.95. The summed E-state index contributed by atoms with van der Waals surface area (Å²) in [5.41, 5.74) is -0.216. The Kier molecular flexibility index (Phi) is 4.64. The molecule has 1 aliphatic rings. The molecule has 1 aliphatic carbocycles. The molecule has 1 amide bonds. The molecule has 1 unspecified atom stereocenters. The average molecular weight is 293 g/mol. The summed E-state index contributed by atoms with van der Waals surface area (Å²) in [4.78, 5) is 12.1. The molecule has 0 heterocycles. The largest absolute Gasteiger partial charge is 0.387 e. The van der Waals surface area contributed by atoms with Gasteiger partial charge in [0.05, 0.1) is 12.2 Å². The third-order valence-electron chi connectivity index (χ3n) is 3.82. The first-order chi connectivity index (χ1) is 9.57. The Morgan fingerprint density at radius 1 is 1.40 bits per heavy atom. The lowest BCUT2D eigenvalue weighted by Gasteiger charge is -2.20. The van der Waals surface area contributed by atoms with Crippen molar-refractivity contribution in [1.82, 2.24) is 5.32 Å². The Balaban J connectivity index is 1.93. The quantitative estimate of drug-likeness (QED) is 0.896. The van der Waals surface area contributed by atoms with Crippen LogP contribution in [0.25, 0.3) is 0 Å². The summed E-state index contributed by atoms with van der Waals surface area (Å²) >= 11 is 5.78. The number of nitrogens with one attached hydrogen (secondary N) is 1. The van der Waals surface area contributed by atoms with E-state index in [1.807, 2.05) is 0 Å². The van der Waals surface area contributed by atoms with Crippen molar-refractivity contribution in [2.75, 3.05) is 6.54 Å². The standard InChI is InChI=1S/C15H17ClN2O2/c16-12-5-3-11(4-6-12)13(19)9-18-14(20)15(10-17)7-1-2-8-15/h3-6,13,19H,1-2,7-9H2,(H,18,20). The van der Waals surface area contributed by atoms with Crippen LogP contribution in [0.3, 0.4) is 0 Å². The van der Waals surface area contributed by atoms with E-state index >= 15 is 0 Å². The number of rotatable bonds is 4. The van der Waals surface area contributed by atoms with Gasteiger partial charge in [0.15, 0.2) is 0 Å². The number of halogens is 1. The normalized spacial score (nSPS) is 18.2. The Morgan fingerprint density at radius 2 is 2.00 bits per heavy atom. The SMILES string of the molecule is N#CC1(C(=O)NCC(O)c2ccc(Cl)cc2)CCCC1. The summed E-state index contributed by atoms with van der Waals surface area (Å²) in [6.07, 6.45) is 2.22.